The van der Waals surface area contributed by atoms with Crippen molar-refractivity contribution >= 4 is 17.8 Å². The average molecular weight is 466 g/mol. The van der Waals surface area contributed by atoms with Crippen molar-refractivity contribution in [2.75, 3.05) is 4.90 Å². The second-order valence-corrected chi connectivity index (χ2v) is 10.0. The number of alkyl carbamates (subject to hydrolysis) is 1. The topological polar surface area (TPSA) is 76.0 Å². The number of fused-ring (bicyclic) bond motifs is 1. The van der Waals surface area contributed by atoms with Crippen molar-refractivity contribution in [1.82, 2.24) is 10.2 Å². The van der Waals surface area contributed by atoms with Crippen molar-refractivity contribution in [2.24, 2.45) is 0 Å². The maximum atomic E-state index is 14.7. The monoisotopic (exact) mass is 465 g/mol. The molecule has 3 aliphatic rings. The van der Waals surface area contributed by atoms with Gasteiger partial charge in [0.25, 0.3) is 0 Å². The van der Waals surface area contributed by atoms with Gasteiger partial charge in [0.15, 0.2) is 5.83 Å². The molecule has 1 aliphatic heterocycles. The van der Waals surface area contributed by atoms with E-state index in [1.54, 1.807) is 17.9 Å². The molecular weight excluding hydrogens is 435 g/mol. The van der Waals surface area contributed by atoms with Crippen molar-refractivity contribution in [2.45, 2.75) is 84.5 Å². The lowest BCUT2D eigenvalue weighted by atomic mass is 9.89. The molecule has 1 saturated carbocycles. The maximum Gasteiger partial charge on any atom is 0.407 e. The van der Waals surface area contributed by atoms with Crippen LogP contribution >= 0.6 is 0 Å². The second kappa shape index (κ2) is 9.02. The van der Waals surface area contributed by atoms with Crippen LogP contribution in [0.2, 0.25) is 0 Å². The molecule has 34 heavy (non-hydrogen) atoms. The molecule has 4 rings (SSSR count). The summed E-state index contributed by atoms with van der Waals surface area (Å²) in [4.78, 5) is 33.4. The Morgan fingerprint density at radius 1 is 1.24 bits per heavy atom. The van der Waals surface area contributed by atoms with E-state index in [0.29, 0.717) is 31.3 Å². The highest BCUT2D eigenvalue weighted by molar-refractivity contribution is 5.97. The third-order valence-electron chi connectivity index (χ3n) is 6.14. The van der Waals surface area contributed by atoms with Crippen LogP contribution in [0, 0.1) is 13.1 Å². The zero-order chi connectivity index (χ0) is 24.6. The number of aromatic nitrogens is 1. The number of halogens is 1. The Hall–Kier alpha value is -3.52. The molecule has 8 heteroatoms. The number of rotatable bonds is 3. The first-order chi connectivity index (χ1) is 16.0. The quantitative estimate of drug-likeness (QED) is 0.671. The van der Waals surface area contributed by atoms with Crippen LogP contribution in [0.4, 0.5) is 19.7 Å². The molecule has 0 saturated heterocycles. The Bertz CT molecular complexity index is 1150. The summed E-state index contributed by atoms with van der Waals surface area (Å²) in [5, 5.41) is 2.94. The van der Waals surface area contributed by atoms with E-state index in [0.717, 1.165) is 16.9 Å². The minimum atomic E-state index is -0.609. The van der Waals surface area contributed by atoms with E-state index in [-0.39, 0.29) is 30.4 Å². The lowest BCUT2D eigenvalue weighted by molar-refractivity contribution is -0.305. The first-order valence-corrected chi connectivity index (χ1v) is 11.6. The zero-order valence-electron chi connectivity index (χ0n) is 20.3. The molecule has 0 spiro atoms. The predicted octanol–water partition coefficient (Wildman–Crippen LogP) is 4.42. The van der Waals surface area contributed by atoms with Gasteiger partial charge in [-0.25, -0.2) is 9.59 Å². The number of carbonyl (C=O) groups is 2. The van der Waals surface area contributed by atoms with E-state index in [1.165, 1.54) is 4.90 Å². The minimum absolute atomic E-state index is 0.0220. The van der Waals surface area contributed by atoms with Crippen LogP contribution in [-0.4, -0.2) is 34.7 Å². The summed E-state index contributed by atoms with van der Waals surface area (Å²) in [6.07, 6.45) is 7.03. The van der Waals surface area contributed by atoms with Crippen LogP contribution in [-0.2, 0) is 11.3 Å². The van der Waals surface area contributed by atoms with Gasteiger partial charge in [-0.1, -0.05) is 5.73 Å². The summed E-state index contributed by atoms with van der Waals surface area (Å²) in [5.41, 5.74) is 7.61. The number of carbonyl (C=O) groups excluding carboxylic acids is 2. The van der Waals surface area contributed by atoms with E-state index in [1.807, 2.05) is 33.8 Å². The highest BCUT2D eigenvalue weighted by Gasteiger charge is 2.41. The number of hydrogen-bond acceptors (Lipinski definition) is 3. The van der Waals surface area contributed by atoms with Gasteiger partial charge < -0.3 is 10.1 Å². The highest BCUT2D eigenvalue weighted by atomic mass is 19.1. The summed E-state index contributed by atoms with van der Waals surface area (Å²) in [6, 6.07) is 1.49. The number of amides is 3. The third kappa shape index (κ3) is 4.87. The molecule has 1 fully saturated rings. The number of aryl methyl sites for hydroxylation is 1. The third-order valence-corrected chi connectivity index (χ3v) is 6.14. The number of urea groups is 1. The van der Waals surface area contributed by atoms with Gasteiger partial charge in [-0.2, -0.15) is 4.39 Å². The highest BCUT2D eigenvalue weighted by Crippen LogP contribution is 2.37. The van der Waals surface area contributed by atoms with E-state index in [4.69, 9.17) is 4.74 Å². The summed E-state index contributed by atoms with van der Waals surface area (Å²) in [5.74, 6) is -0.609. The van der Waals surface area contributed by atoms with Crippen molar-refractivity contribution in [3.05, 3.63) is 58.2 Å². The van der Waals surface area contributed by atoms with Gasteiger partial charge in [-0.15, -0.1) is 0 Å². The van der Waals surface area contributed by atoms with E-state index < -0.39 is 17.5 Å². The first kappa shape index (κ1) is 23.6. The molecule has 1 aromatic heterocycles. The Balaban J connectivity index is 1.56. The Kier molecular flexibility index (Phi) is 6.27. The van der Waals surface area contributed by atoms with Gasteiger partial charge in [0, 0.05) is 25.1 Å². The molecular formula is C26H30FN4O3+. The van der Waals surface area contributed by atoms with E-state index in [2.05, 4.69) is 28.0 Å². The minimum Gasteiger partial charge on any atom is -0.444 e. The van der Waals surface area contributed by atoms with Crippen molar-refractivity contribution in [1.29, 1.82) is 0 Å². The van der Waals surface area contributed by atoms with E-state index in [9.17, 15) is 14.0 Å². The van der Waals surface area contributed by atoms with Gasteiger partial charge in [0.2, 0.25) is 0 Å². The van der Waals surface area contributed by atoms with E-state index >= 15 is 0 Å². The van der Waals surface area contributed by atoms with Crippen LogP contribution in [0.1, 0.15) is 64.6 Å². The number of anilines is 1. The maximum absolute atomic E-state index is 14.7. The molecule has 1 N–H and O–H groups in total. The molecule has 2 heterocycles. The molecule has 2 aliphatic carbocycles. The number of hydrogen-bond donors (Lipinski definition) is 1. The predicted molar refractivity (Wildman–Crippen MR) is 123 cm³/mol. The Morgan fingerprint density at radius 2 is 1.94 bits per heavy atom. The molecule has 1 aromatic rings. The summed E-state index contributed by atoms with van der Waals surface area (Å²) >= 11 is 0. The smallest absolute Gasteiger partial charge is 0.407 e. The fourth-order valence-corrected chi connectivity index (χ4v) is 4.64. The van der Waals surface area contributed by atoms with Gasteiger partial charge in [0.05, 0.1) is 17.9 Å². The lowest BCUT2D eigenvalue weighted by Gasteiger charge is -2.42. The van der Waals surface area contributed by atoms with Crippen LogP contribution in [0.5, 0.6) is 0 Å². The van der Waals surface area contributed by atoms with Gasteiger partial charge >= 0.3 is 24.0 Å². The fraction of sp³-hybridized carbons (Fsp3) is 0.500. The van der Waals surface area contributed by atoms with Gasteiger partial charge in [-0.05, 0) is 75.7 Å². The van der Waals surface area contributed by atoms with Crippen molar-refractivity contribution in [3.8, 4) is 0 Å². The van der Waals surface area contributed by atoms with Gasteiger partial charge in [0.1, 0.15) is 11.2 Å². The molecule has 7 nitrogen and oxygen atoms in total. The standard InChI is InChI=1S/C26H29FN4O3/c1-16-7-6-8-21(27)23(16)30-15-18-14-28-17(2)13-22(18)31(25(30)33)20-11-9-19(10-12-20)29-24(32)34-26(3,4)5/h7,13,19-20H,9-12,15H2,1-5H3/p+1. The number of nitrogens with one attached hydrogen (secondary N) is 1. The van der Waals surface area contributed by atoms with Crippen molar-refractivity contribution < 1.29 is 23.7 Å². The lowest BCUT2D eigenvalue weighted by Crippen LogP contribution is -2.53. The molecule has 0 atom stereocenters. The van der Waals surface area contributed by atoms with Gasteiger partial charge in [-0.3, -0.25) is 9.80 Å². The summed E-state index contributed by atoms with van der Waals surface area (Å²) in [6.45, 7) is 9.28. The summed E-state index contributed by atoms with van der Waals surface area (Å²) < 4.78 is 20.1. The Labute approximate surface area is 199 Å². The molecule has 0 radical (unpaired) electrons. The second-order valence-electron chi connectivity index (χ2n) is 10.0. The SMILES string of the molecule is CC1=C(N2Cc3c#[n+]c(C)cc3N(C3CCC(NC(=O)OC(C)(C)C)CC3)C2=O)C(F)=C=C=C1. The number of nitrogens with zero attached hydrogens (tertiary/aromatic N) is 3. The normalized spacial score (nSPS) is 22.3. The largest absolute Gasteiger partial charge is 0.444 e. The fourth-order valence-electron chi connectivity index (χ4n) is 4.64. The molecule has 0 aromatic carbocycles. The number of allylic oxidation sites excluding steroid dienone is 3. The number of ether oxygens (including phenoxy) is 1. The zero-order valence-corrected chi connectivity index (χ0v) is 20.3. The Morgan fingerprint density at radius 3 is 2.59 bits per heavy atom. The van der Waals surface area contributed by atoms with Crippen LogP contribution in [0.15, 0.2) is 40.7 Å². The molecule has 3 amide bonds. The van der Waals surface area contributed by atoms with Crippen LogP contribution in [0.3, 0.4) is 0 Å². The molecule has 0 bridgehead atoms. The van der Waals surface area contributed by atoms with Crippen molar-refractivity contribution in [3.63, 3.8) is 0 Å². The molecule has 0 unspecified atom stereocenters. The van der Waals surface area contributed by atoms with Crippen LogP contribution < -0.4 is 15.2 Å². The summed E-state index contributed by atoms with van der Waals surface area (Å²) in [7, 11) is 0. The molecule has 178 valence electrons. The van der Waals surface area contributed by atoms with Crippen LogP contribution in [0.25, 0.3) is 0 Å². The first-order valence-electron chi connectivity index (χ1n) is 11.6. The average Bonchev–Trinajstić information content (AvgIpc) is 2.74.